The van der Waals surface area contributed by atoms with Crippen LogP contribution in [0.1, 0.15) is 5.56 Å². The van der Waals surface area contributed by atoms with Gasteiger partial charge in [-0.2, -0.15) is 0 Å². The first-order valence-corrected chi connectivity index (χ1v) is 6.74. The maximum absolute atomic E-state index is 5.00. The third-order valence-corrected chi connectivity index (χ3v) is 3.10. The number of halogens is 1. The van der Waals surface area contributed by atoms with E-state index in [1.807, 2.05) is 0 Å². The van der Waals surface area contributed by atoms with Crippen molar-refractivity contribution < 1.29 is 4.74 Å². The van der Waals surface area contributed by atoms with Crippen LogP contribution in [-0.4, -0.2) is 33.3 Å². The molecule has 0 heterocycles. The number of ether oxygens (including phenoxy) is 1. The molecule has 0 saturated carbocycles. The number of nitrogens with one attached hydrogen (secondary N) is 2. The Morgan fingerprint density at radius 3 is 2.57 bits per heavy atom. The van der Waals surface area contributed by atoms with Crippen molar-refractivity contribution in [2.24, 2.45) is 4.99 Å². The molecule has 114 valence electrons. The van der Waals surface area contributed by atoms with Crippen LogP contribution in [0.15, 0.2) is 47.5 Å². The van der Waals surface area contributed by atoms with E-state index in [4.69, 9.17) is 4.74 Å². The minimum absolute atomic E-state index is 0. The van der Waals surface area contributed by atoms with E-state index in [2.05, 4.69) is 58.1 Å². The van der Waals surface area contributed by atoms with E-state index in [0.717, 1.165) is 19.0 Å². The zero-order valence-corrected chi connectivity index (χ0v) is 14.8. The normalized spacial score (nSPS) is 11.0. The topological polar surface area (TPSA) is 45.7 Å². The molecule has 5 heteroatoms. The first kappa shape index (κ1) is 17.7. The molecule has 0 radical (unpaired) electrons. The monoisotopic (exact) mass is 399 g/mol. The molecule has 0 aromatic heterocycles. The van der Waals surface area contributed by atoms with Gasteiger partial charge in [-0.25, -0.2) is 0 Å². The first-order chi connectivity index (χ1) is 9.83. The van der Waals surface area contributed by atoms with Gasteiger partial charge in [0.15, 0.2) is 5.96 Å². The van der Waals surface area contributed by atoms with E-state index in [1.54, 1.807) is 14.2 Å². The Bertz CT molecular complexity index is 586. The van der Waals surface area contributed by atoms with Crippen LogP contribution in [0.25, 0.3) is 10.8 Å². The number of hydrogen-bond donors (Lipinski definition) is 2. The van der Waals surface area contributed by atoms with Crippen molar-refractivity contribution in [1.82, 2.24) is 10.6 Å². The second-order valence-electron chi connectivity index (χ2n) is 4.53. The van der Waals surface area contributed by atoms with Gasteiger partial charge >= 0.3 is 0 Å². The number of methoxy groups -OCH3 is 1. The van der Waals surface area contributed by atoms with E-state index < -0.39 is 0 Å². The fourth-order valence-corrected chi connectivity index (χ4v) is 2.03. The highest BCUT2D eigenvalue weighted by Gasteiger charge is 1.99. The van der Waals surface area contributed by atoms with Crippen molar-refractivity contribution in [2.75, 3.05) is 27.3 Å². The Labute approximate surface area is 143 Å². The van der Waals surface area contributed by atoms with Gasteiger partial charge in [0, 0.05) is 27.2 Å². The predicted octanol–water partition coefficient (Wildman–Crippen LogP) is 2.77. The molecule has 0 aliphatic carbocycles. The highest BCUT2D eigenvalue weighted by atomic mass is 127. The van der Waals surface area contributed by atoms with Crippen LogP contribution in [-0.2, 0) is 11.3 Å². The van der Waals surface area contributed by atoms with Crippen LogP contribution >= 0.6 is 24.0 Å². The number of fused-ring (bicyclic) bond motifs is 1. The van der Waals surface area contributed by atoms with Crippen molar-refractivity contribution in [3.8, 4) is 0 Å². The smallest absolute Gasteiger partial charge is 0.191 e. The summed E-state index contributed by atoms with van der Waals surface area (Å²) in [5.74, 6) is 0.787. The molecule has 0 fully saturated rings. The third-order valence-electron chi connectivity index (χ3n) is 3.10. The summed E-state index contributed by atoms with van der Waals surface area (Å²) in [5, 5.41) is 9.01. The van der Waals surface area contributed by atoms with E-state index in [1.165, 1.54) is 16.3 Å². The SMILES string of the molecule is CN=C(NCCOC)NCc1ccc2ccccc2c1.I. The summed E-state index contributed by atoms with van der Waals surface area (Å²) in [6.07, 6.45) is 0. The Hall–Kier alpha value is -1.34. The molecule has 0 atom stereocenters. The number of guanidine groups is 1. The number of hydrogen-bond acceptors (Lipinski definition) is 2. The minimum atomic E-state index is 0. The van der Waals surface area contributed by atoms with Gasteiger partial charge in [-0.1, -0.05) is 36.4 Å². The molecule has 2 rings (SSSR count). The average Bonchev–Trinajstić information content (AvgIpc) is 2.50. The maximum atomic E-state index is 5.00. The van der Waals surface area contributed by atoms with Gasteiger partial charge in [0.1, 0.15) is 0 Å². The van der Waals surface area contributed by atoms with Crippen LogP contribution < -0.4 is 10.6 Å². The fourth-order valence-electron chi connectivity index (χ4n) is 2.03. The summed E-state index contributed by atoms with van der Waals surface area (Å²) in [6.45, 7) is 2.15. The summed E-state index contributed by atoms with van der Waals surface area (Å²) in [5.41, 5.74) is 1.23. The highest BCUT2D eigenvalue weighted by molar-refractivity contribution is 14.0. The molecule has 0 aliphatic heterocycles. The van der Waals surface area contributed by atoms with Gasteiger partial charge in [-0.15, -0.1) is 24.0 Å². The highest BCUT2D eigenvalue weighted by Crippen LogP contribution is 2.15. The molecular formula is C16H22IN3O. The van der Waals surface area contributed by atoms with Gasteiger partial charge in [0.25, 0.3) is 0 Å². The molecular weight excluding hydrogens is 377 g/mol. The van der Waals surface area contributed by atoms with Crippen LogP contribution in [0, 0.1) is 0 Å². The molecule has 4 nitrogen and oxygen atoms in total. The minimum Gasteiger partial charge on any atom is -0.383 e. The Morgan fingerprint density at radius 2 is 1.86 bits per heavy atom. The third kappa shape index (κ3) is 5.51. The summed E-state index contributed by atoms with van der Waals surface area (Å²) in [6, 6.07) is 14.9. The molecule has 2 aromatic rings. The van der Waals surface area contributed by atoms with E-state index in [0.29, 0.717) is 6.61 Å². The lowest BCUT2D eigenvalue weighted by Gasteiger charge is -2.12. The molecule has 0 amide bonds. The van der Waals surface area contributed by atoms with Crippen LogP contribution in [0.4, 0.5) is 0 Å². The van der Waals surface area contributed by atoms with Crippen molar-refractivity contribution in [1.29, 1.82) is 0 Å². The summed E-state index contributed by atoms with van der Waals surface area (Å²) in [4.78, 5) is 4.18. The summed E-state index contributed by atoms with van der Waals surface area (Å²) < 4.78 is 5.00. The molecule has 0 unspecified atom stereocenters. The zero-order valence-electron chi connectivity index (χ0n) is 12.4. The van der Waals surface area contributed by atoms with Gasteiger partial charge in [-0.3, -0.25) is 4.99 Å². The van der Waals surface area contributed by atoms with E-state index >= 15 is 0 Å². The van der Waals surface area contributed by atoms with Gasteiger partial charge < -0.3 is 15.4 Å². The van der Waals surface area contributed by atoms with Crippen LogP contribution in [0.3, 0.4) is 0 Å². The standard InChI is InChI=1S/C16H21N3O.HI/c1-17-16(18-9-10-20-2)19-12-13-7-8-14-5-3-4-6-15(14)11-13;/h3-8,11H,9-10,12H2,1-2H3,(H2,17,18,19);1H. The van der Waals surface area contributed by atoms with Gasteiger partial charge in [0.2, 0.25) is 0 Å². The maximum Gasteiger partial charge on any atom is 0.191 e. The zero-order chi connectivity index (χ0) is 14.2. The lowest BCUT2D eigenvalue weighted by molar-refractivity contribution is 0.203. The second-order valence-corrected chi connectivity index (χ2v) is 4.53. The lowest BCUT2D eigenvalue weighted by atomic mass is 10.1. The van der Waals surface area contributed by atoms with Crippen molar-refractivity contribution in [3.05, 3.63) is 48.0 Å². The summed E-state index contributed by atoms with van der Waals surface area (Å²) >= 11 is 0. The Kier molecular flexibility index (Phi) is 8.07. The van der Waals surface area contributed by atoms with Crippen molar-refractivity contribution in [3.63, 3.8) is 0 Å². The van der Waals surface area contributed by atoms with Crippen molar-refractivity contribution in [2.45, 2.75) is 6.54 Å². The van der Waals surface area contributed by atoms with E-state index in [9.17, 15) is 0 Å². The molecule has 2 N–H and O–H groups in total. The molecule has 21 heavy (non-hydrogen) atoms. The number of rotatable bonds is 5. The largest absolute Gasteiger partial charge is 0.383 e. The molecule has 2 aromatic carbocycles. The van der Waals surface area contributed by atoms with Gasteiger partial charge in [0.05, 0.1) is 6.61 Å². The Balaban J connectivity index is 0.00000220. The molecule has 0 aliphatic rings. The van der Waals surface area contributed by atoms with E-state index in [-0.39, 0.29) is 24.0 Å². The average molecular weight is 399 g/mol. The summed E-state index contributed by atoms with van der Waals surface area (Å²) in [7, 11) is 3.45. The number of benzene rings is 2. The first-order valence-electron chi connectivity index (χ1n) is 6.74. The molecule has 0 spiro atoms. The number of aliphatic imine (C=N–C) groups is 1. The number of nitrogens with zero attached hydrogens (tertiary/aromatic N) is 1. The van der Waals surface area contributed by atoms with Crippen LogP contribution in [0.2, 0.25) is 0 Å². The second kappa shape index (κ2) is 9.57. The predicted molar refractivity (Wildman–Crippen MR) is 99.4 cm³/mol. The lowest BCUT2D eigenvalue weighted by Crippen LogP contribution is -2.38. The Morgan fingerprint density at radius 1 is 1.10 bits per heavy atom. The van der Waals surface area contributed by atoms with Crippen LogP contribution in [0.5, 0.6) is 0 Å². The van der Waals surface area contributed by atoms with Crippen molar-refractivity contribution >= 4 is 40.7 Å². The van der Waals surface area contributed by atoms with Gasteiger partial charge in [-0.05, 0) is 22.4 Å². The quantitative estimate of drug-likeness (QED) is 0.352. The molecule has 0 bridgehead atoms. The molecule has 0 saturated heterocycles. The fraction of sp³-hybridized carbons (Fsp3) is 0.312.